The number of nitrogens with zero attached hydrogens (tertiary/aromatic N) is 3. The van der Waals surface area contributed by atoms with Crippen molar-refractivity contribution in [2.24, 2.45) is 0 Å². The van der Waals surface area contributed by atoms with Crippen molar-refractivity contribution in [2.45, 2.75) is 12.8 Å². The van der Waals surface area contributed by atoms with Crippen molar-refractivity contribution < 1.29 is 5.11 Å². The summed E-state index contributed by atoms with van der Waals surface area (Å²) in [6, 6.07) is 0. The van der Waals surface area contributed by atoms with Gasteiger partial charge >= 0.3 is 0 Å². The summed E-state index contributed by atoms with van der Waals surface area (Å²) < 4.78 is 0.880. The maximum Gasteiger partial charge on any atom is 0.148 e. The third kappa shape index (κ3) is 2.44. The van der Waals surface area contributed by atoms with Crippen molar-refractivity contribution >= 4 is 27.6 Å². The Labute approximate surface area is 103 Å². The van der Waals surface area contributed by atoms with Crippen LogP contribution in [0.4, 0.5) is 11.6 Å². The molecular weight excluding hydrogens is 272 g/mol. The molecule has 5 nitrogen and oxygen atoms in total. The highest BCUT2D eigenvalue weighted by Gasteiger charge is 2.18. The van der Waals surface area contributed by atoms with Crippen molar-refractivity contribution in [3.63, 3.8) is 0 Å². The third-order valence-corrected chi connectivity index (χ3v) is 3.31. The van der Waals surface area contributed by atoms with Gasteiger partial charge in [-0.25, -0.2) is 9.97 Å². The lowest BCUT2D eigenvalue weighted by Gasteiger charge is -2.18. The van der Waals surface area contributed by atoms with E-state index >= 15 is 0 Å². The molecular formula is C10H15BrN4O. The molecule has 1 aromatic heterocycles. The Bertz CT molecular complexity index is 355. The van der Waals surface area contributed by atoms with Crippen molar-refractivity contribution in [3.05, 3.63) is 10.8 Å². The zero-order valence-corrected chi connectivity index (χ0v) is 10.6. The Hall–Kier alpha value is -0.880. The monoisotopic (exact) mass is 286 g/mol. The molecule has 0 amide bonds. The molecule has 88 valence electrons. The fourth-order valence-electron chi connectivity index (χ4n) is 1.81. The molecule has 0 atom stereocenters. The highest BCUT2D eigenvalue weighted by Crippen LogP contribution is 2.31. The number of nitrogens with one attached hydrogen (secondary N) is 1. The Morgan fingerprint density at radius 2 is 2.12 bits per heavy atom. The fourth-order valence-corrected chi connectivity index (χ4v) is 2.40. The van der Waals surface area contributed by atoms with E-state index in [0.29, 0.717) is 6.54 Å². The molecule has 0 bridgehead atoms. The lowest BCUT2D eigenvalue weighted by molar-refractivity contribution is 0.311. The third-order valence-electron chi connectivity index (χ3n) is 2.58. The van der Waals surface area contributed by atoms with Crippen LogP contribution in [0.5, 0.6) is 0 Å². The van der Waals surface area contributed by atoms with Gasteiger partial charge in [-0.05, 0) is 28.8 Å². The second-order valence-corrected chi connectivity index (χ2v) is 4.50. The summed E-state index contributed by atoms with van der Waals surface area (Å²) >= 11 is 3.51. The highest BCUT2D eigenvalue weighted by molar-refractivity contribution is 9.10. The predicted molar refractivity (Wildman–Crippen MR) is 66.8 cm³/mol. The molecule has 0 unspecified atom stereocenters. The van der Waals surface area contributed by atoms with Crippen molar-refractivity contribution in [1.82, 2.24) is 9.97 Å². The maximum absolute atomic E-state index is 8.77. The summed E-state index contributed by atoms with van der Waals surface area (Å²) in [6.45, 7) is 2.69. The summed E-state index contributed by atoms with van der Waals surface area (Å²) in [7, 11) is 0. The van der Waals surface area contributed by atoms with Gasteiger partial charge in [0.1, 0.15) is 22.4 Å². The van der Waals surface area contributed by atoms with Gasteiger partial charge in [0.15, 0.2) is 0 Å². The smallest absolute Gasteiger partial charge is 0.148 e. The van der Waals surface area contributed by atoms with Gasteiger partial charge in [0, 0.05) is 19.6 Å². The van der Waals surface area contributed by atoms with Crippen LogP contribution in [0.3, 0.4) is 0 Å². The van der Waals surface area contributed by atoms with Crippen LogP contribution in [-0.4, -0.2) is 41.3 Å². The van der Waals surface area contributed by atoms with Gasteiger partial charge in [-0.3, -0.25) is 0 Å². The minimum atomic E-state index is 0.0927. The summed E-state index contributed by atoms with van der Waals surface area (Å²) in [4.78, 5) is 10.7. The highest BCUT2D eigenvalue weighted by atomic mass is 79.9. The largest absolute Gasteiger partial charge is 0.395 e. The van der Waals surface area contributed by atoms with Crippen molar-refractivity contribution in [3.8, 4) is 0 Å². The molecule has 6 heteroatoms. The summed E-state index contributed by atoms with van der Waals surface area (Å²) in [5, 5.41) is 11.8. The number of aromatic nitrogens is 2. The van der Waals surface area contributed by atoms with Crippen LogP contribution in [0.25, 0.3) is 0 Å². The van der Waals surface area contributed by atoms with E-state index in [9.17, 15) is 0 Å². The first-order valence-corrected chi connectivity index (χ1v) is 6.22. The average molecular weight is 287 g/mol. The van der Waals surface area contributed by atoms with E-state index < -0.39 is 0 Å². The molecule has 0 saturated carbocycles. The van der Waals surface area contributed by atoms with Gasteiger partial charge in [-0.1, -0.05) is 0 Å². The number of hydrogen-bond acceptors (Lipinski definition) is 5. The summed E-state index contributed by atoms with van der Waals surface area (Å²) in [6.07, 6.45) is 3.99. The molecule has 2 N–H and O–H groups in total. The number of hydrogen-bond donors (Lipinski definition) is 2. The SMILES string of the molecule is OCCNc1ncnc(N2CCCC2)c1Br. The molecule has 2 rings (SSSR count). The van der Waals surface area contributed by atoms with Gasteiger partial charge in [0.25, 0.3) is 0 Å². The van der Waals surface area contributed by atoms with Crippen molar-refractivity contribution in [1.29, 1.82) is 0 Å². The second-order valence-electron chi connectivity index (χ2n) is 3.70. The fraction of sp³-hybridized carbons (Fsp3) is 0.600. The normalized spacial score (nSPS) is 15.5. The first-order valence-electron chi connectivity index (χ1n) is 5.43. The molecule has 1 aromatic rings. The lowest BCUT2D eigenvalue weighted by atomic mass is 10.4. The Balaban J connectivity index is 2.18. The van der Waals surface area contributed by atoms with E-state index in [-0.39, 0.29) is 6.61 Å². The number of rotatable bonds is 4. The van der Waals surface area contributed by atoms with Crippen LogP contribution in [0.2, 0.25) is 0 Å². The quantitative estimate of drug-likeness (QED) is 0.872. The molecule has 1 aliphatic heterocycles. The maximum atomic E-state index is 8.77. The molecule has 2 heterocycles. The Kier molecular flexibility index (Phi) is 3.95. The van der Waals surface area contributed by atoms with E-state index in [1.165, 1.54) is 12.8 Å². The molecule has 16 heavy (non-hydrogen) atoms. The van der Waals surface area contributed by atoms with Crippen LogP contribution in [-0.2, 0) is 0 Å². The molecule has 0 aromatic carbocycles. The zero-order chi connectivity index (χ0) is 11.4. The van der Waals surface area contributed by atoms with E-state index in [1.54, 1.807) is 6.33 Å². The number of anilines is 2. The molecule has 0 radical (unpaired) electrons. The molecule has 0 aliphatic carbocycles. The predicted octanol–water partition coefficient (Wildman–Crippen LogP) is 1.24. The van der Waals surface area contributed by atoms with Crippen LogP contribution in [0.1, 0.15) is 12.8 Å². The average Bonchev–Trinajstić information content (AvgIpc) is 2.81. The van der Waals surface area contributed by atoms with Gasteiger partial charge in [0.05, 0.1) is 6.61 Å². The van der Waals surface area contributed by atoms with E-state index in [2.05, 4.69) is 36.1 Å². The van der Waals surface area contributed by atoms with Gasteiger partial charge in [0.2, 0.25) is 0 Å². The number of aliphatic hydroxyl groups is 1. The molecule has 1 fully saturated rings. The number of aliphatic hydroxyl groups excluding tert-OH is 1. The summed E-state index contributed by atoms with van der Waals surface area (Å²) in [5.41, 5.74) is 0. The van der Waals surface area contributed by atoms with E-state index in [0.717, 1.165) is 29.2 Å². The van der Waals surface area contributed by atoms with Crippen LogP contribution in [0, 0.1) is 0 Å². The van der Waals surface area contributed by atoms with Crippen LogP contribution >= 0.6 is 15.9 Å². The number of halogens is 1. The van der Waals surface area contributed by atoms with Gasteiger partial charge in [-0.2, -0.15) is 0 Å². The van der Waals surface area contributed by atoms with E-state index in [1.807, 2.05) is 0 Å². The Morgan fingerprint density at radius 3 is 2.81 bits per heavy atom. The van der Waals surface area contributed by atoms with Crippen LogP contribution in [0.15, 0.2) is 10.8 Å². The van der Waals surface area contributed by atoms with Crippen LogP contribution < -0.4 is 10.2 Å². The Morgan fingerprint density at radius 1 is 1.38 bits per heavy atom. The standard InChI is InChI=1S/C10H15BrN4O/c11-8-9(12-3-6-16)13-7-14-10(8)15-4-1-2-5-15/h7,16H,1-6H2,(H,12,13,14). The second kappa shape index (κ2) is 5.45. The molecule has 0 spiro atoms. The topological polar surface area (TPSA) is 61.3 Å². The molecule has 1 saturated heterocycles. The lowest BCUT2D eigenvalue weighted by Crippen LogP contribution is -2.20. The summed E-state index contributed by atoms with van der Waals surface area (Å²) in [5.74, 6) is 1.68. The van der Waals surface area contributed by atoms with Gasteiger partial charge in [-0.15, -0.1) is 0 Å². The molecule has 1 aliphatic rings. The first kappa shape index (κ1) is 11.6. The van der Waals surface area contributed by atoms with E-state index in [4.69, 9.17) is 5.11 Å². The minimum absolute atomic E-state index is 0.0927. The van der Waals surface area contributed by atoms with Crippen molar-refractivity contribution in [2.75, 3.05) is 36.5 Å². The minimum Gasteiger partial charge on any atom is -0.395 e. The first-order chi connectivity index (χ1) is 7.83. The van der Waals surface area contributed by atoms with Gasteiger partial charge < -0.3 is 15.3 Å². The zero-order valence-electron chi connectivity index (χ0n) is 8.99.